The molecule has 30 heavy (non-hydrogen) atoms. The Morgan fingerprint density at radius 2 is 1.73 bits per heavy atom. The van der Waals surface area contributed by atoms with Crippen LogP contribution in [0.15, 0.2) is 54.6 Å². The summed E-state index contributed by atoms with van der Waals surface area (Å²) < 4.78 is 3.39. The Labute approximate surface area is 172 Å². The Bertz CT molecular complexity index is 1210. The van der Waals surface area contributed by atoms with Crippen LogP contribution in [0.25, 0.3) is 11.0 Å². The zero-order valence-corrected chi connectivity index (χ0v) is 16.7. The van der Waals surface area contributed by atoms with E-state index >= 15 is 0 Å². The standard InChI is InChI=1S/C21H21N7O2/c1-14-11-15(2)27(25-14)13-20(29)23-24-21(30)17-9-7-16(8-10-17)12-28-19-6-4-3-5-18(19)22-26-28/h3-11H,12-13H2,1-2H3,(H,23,29)(H,24,30). The fourth-order valence-corrected chi connectivity index (χ4v) is 3.18. The van der Waals surface area contributed by atoms with Crippen molar-refractivity contribution in [3.05, 3.63) is 77.1 Å². The largest absolute Gasteiger partial charge is 0.271 e. The number of hydrogen-bond acceptors (Lipinski definition) is 5. The second-order valence-corrected chi connectivity index (χ2v) is 7.02. The van der Waals surface area contributed by atoms with Gasteiger partial charge in [0.25, 0.3) is 11.8 Å². The van der Waals surface area contributed by atoms with Gasteiger partial charge in [-0.1, -0.05) is 29.5 Å². The first kappa shape index (κ1) is 19.3. The number of benzene rings is 2. The van der Waals surface area contributed by atoms with E-state index in [-0.39, 0.29) is 12.5 Å². The molecule has 0 saturated heterocycles. The minimum absolute atomic E-state index is 0.0325. The summed E-state index contributed by atoms with van der Waals surface area (Å²) in [5, 5.41) is 12.5. The summed E-state index contributed by atoms with van der Waals surface area (Å²) in [6.45, 7) is 4.31. The molecule has 0 aliphatic carbocycles. The molecule has 0 saturated carbocycles. The molecule has 0 bridgehead atoms. The molecule has 2 amide bonds. The van der Waals surface area contributed by atoms with Crippen LogP contribution in [0.3, 0.4) is 0 Å². The molecule has 4 rings (SSSR count). The van der Waals surface area contributed by atoms with Crippen LogP contribution < -0.4 is 10.9 Å². The third-order valence-electron chi connectivity index (χ3n) is 4.68. The van der Waals surface area contributed by atoms with E-state index in [9.17, 15) is 9.59 Å². The molecule has 2 aromatic heterocycles. The molecule has 9 nitrogen and oxygen atoms in total. The van der Waals surface area contributed by atoms with Gasteiger partial charge in [0.1, 0.15) is 12.1 Å². The van der Waals surface area contributed by atoms with Crippen molar-refractivity contribution in [2.75, 3.05) is 0 Å². The van der Waals surface area contributed by atoms with Gasteiger partial charge >= 0.3 is 0 Å². The van der Waals surface area contributed by atoms with Gasteiger partial charge in [0, 0.05) is 11.3 Å². The number of nitrogens with one attached hydrogen (secondary N) is 2. The van der Waals surface area contributed by atoms with Gasteiger partial charge in [0.2, 0.25) is 0 Å². The Morgan fingerprint density at radius 3 is 2.47 bits per heavy atom. The van der Waals surface area contributed by atoms with Crippen molar-refractivity contribution < 1.29 is 9.59 Å². The maximum Gasteiger partial charge on any atom is 0.269 e. The highest BCUT2D eigenvalue weighted by Gasteiger charge is 2.10. The first-order chi connectivity index (χ1) is 14.5. The minimum atomic E-state index is -0.394. The summed E-state index contributed by atoms with van der Waals surface area (Å²) in [4.78, 5) is 24.3. The number of rotatable bonds is 5. The van der Waals surface area contributed by atoms with Crippen molar-refractivity contribution >= 4 is 22.8 Å². The second-order valence-electron chi connectivity index (χ2n) is 7.02. The Kier molecular flexibility index (Phi) is 5.25. The molecule has 0 fully saturated rings. The molecule has 0 aliphatic heterocycles. The van der Waals surface area contributed by atoms with Crippen LogP contribution in [0.2, 0.25) is 0 Å². The molecule has 9 heteroatoms. The maximum atomic E-state index is 12.3. The SMILES string of the molecule is Cc1cc(C)n(CC(=O)NNC(=O)c2ccc(Cn3nnc4ccccc43)cc2)n1. The zero-order valence-electron chi connectivity index (χ0n) is 16.7. The minimum Gasteiger partial charge on any atom is -0.271 e. The molecule has 2 N–H and O–H groups in total. The van der Waals surface area contributed by atoms with Gasteiger partial charge < -0.3 is 0 Å². The van der Waals surface area contributed by atoms with Crippen molar-refractivity contribution in [3.63, 3.8) is 0 Å². The summed E-state index contributed by atoms with van der Waals surface area (Å²) in [5.74, 6) is -0.751. The number of hydrogen-bond donors (Lipinski definition) is 2. The monoisotopic (exact) mass is 403 g/mol. The molecule has 2 aromatic carbocycles. The lowest BCUT2D eigenvalue weighted by Gasteiger charge is -2.09. The van der Waals surface area contributed by atoms with Gasteiger partial charge in [-0.2, -0.15) is 5.10 Å². The fourth-order valence-electron chi connectivity index (χ4n) is 3.18. The lowest BCUT2D eigenvalue weighted by atomic mass is 10.1. The number of aryl methyl sites for hydroxylation is 2. The number of carbonyl (C=O) groups excluding carboxylic acids is 2. The van der Waals surface area contributed by atoms with Crippen LogP contribution in [0, 0.1) is 13.8 Å². The Balaban J connectivity index is 1.33. The first-order valence-corrected chi connectivity index (χ1v) is 9.47. The average Bonchev–Trinajstić information content (AvgIpc) is 3.29. The smallest absolute Gasteiger partial charge is 0.269 e. The summed E-state index contributed by atoms with van der Waals surface area (Å²) in [6.07, 6.45) is 0. The van der Waals surface area contributed by atoms with Gasteiger partial charge in [0.05, 0.1) is 17.8 Å². The zero-order chi connectivity index (χ0) is 21.1. The van der Waals surface area contributed by atoms with Crippen LogP contribution in [0.1, 0.15) is 27.3 Å². The second kappa shape index (κ2) is 8.16. The number of hydrazine groups is 1. The van der Waals surface area contributed by atoms with E-state index in [2.05, 4.69) is 26.3 Å². The number of fused-ring (bicyclic) bond motifs is 1. The molecule has 4 aromatic rings. The van der Waals surface area contributed by atoms with Crippen molar-refractivity contribution in [2.45, 2.75) is 26.9 Å². The number of nitrogens with zero attached hydrogens (tertiary/aromatic N) is 5. The lowest BCUT2D eigenvalue weighted by molar-refractivity contribution is -0.122. The summed E-state index contributed by atoms with van der Waals surface area (Å²) in [6, 6.07) is 16.7. The summed E-state index contributed by atoms with van der Waals surface area (Å²) >= 11 is 0. The quantitative estimate of drug-likeness (QED) is 0.494. The fraction of sp³-hybridized carbons (Fsp3) is 0.190. The number of para-hydroxylation sites is 1. The molecular weight excluding hydrogens is 382 g/mol. The van der Waals surface area contributed by atoms with Gasteiger partial charge in [-0.05, 0) is 49.7 Å². The van der Waals surface area contributed by atoms with Gasteiger partial charge in [-0.25, -0.2) is 4.68 Å². The van der Waals surface area contributed by atoms with Crippen LogP contribution in [0.5, 0.6) is 0 Å². The van der Waals surface area contributed by atoms with E-state index in [0.717, 1.165) is 28.0 Å². The van der Waals surface area contributed by atoms with Crippen LogP contribution >= 0.6 is 0 Å². The number of aromatic nitrogens is 5. The molecule has 2 heterocycles. The van der Waals surface area contributed by atoms with Crippen LogP contribution in [0.4, 0.5) is 0 Å². The van der Waals surface area contributed by atoms with Crippen molar-refractivity contribution in [1.82, 2.24) is 35.6 Å². The highest BCUT2D eigenvalue weighted by Crippen LogP contribution is 2.13. The highest BCUT2D eigenvalue weighted by atomic mass is 16.2. The third-order valence-corrected chi connectivity index (χ3v) is 4.68. The highest BCUT2D eigenvalue weighted by molar-refractivity contribution is 5.95. The molecule has 0 radical (unpaired) electrons. The predicted octanol–water partition coefficient (Wildman–Crippen LogP) is 1.75. The molecular formula is C21H21N7O2. The van der Waals surface area contributed by atoms with E-state index in [0.29, 0.717) is 12.1 Å². The predicted molar refractivity (Wildman–Crippen MR) is 110 cm³/mol. The average molecular weight is 403 g/mol. The van der Waals surface area contributed by atoms with Crippen LogP contribution in [-0.4, -0.2) is 36.6 Å². The summed E-state index contributed by atoms with van der Waals surface area (Å²) in [5.41, 5.74) is 9.77. The molecule has 0 spiro atoms. The van der Waals surface area contributed by atoms with E-state index in [1.54, 1.807) is 16.8 Å². The van der Waals surface area contributed by atoms with E-state index in [4.69, 9.17) is 0 Å². The van der Waals surface area contributed by atoms with E-state index in [1.165, 1.54) is 0 Å². The van der Waals surface area contributed by atoms with E-state index in [1.807, 2.05) is 61.0 Å². The van der Waals surface area contributed by atoms with Gasteiger partial charge in [-0.15, -0.1) is 5.10 Å². The first-order valence-electron chi connectivity index (χ1n) is 9.47. The Morgan fingerprint density at radius 1 is 0.967 bits per heavy atom. The molecule has 0 unspecified atom stereocenters. The summed E-state index contributed by atoms with van der Waals surface area (Å²) in [7, 11) is 0. The van der Waals surface area contributed by atoms with Crippen LogP contribution in [-0.2, 0) is 17.9 Å². The number of carbonyl (C=O) groups is 2. The molecule has 152 valence electrons. The van der Waals surface area contributed by atoms with Crippen molar-refractivity contribution in [1.29, 1.82) is 0 Å². The lowest BCUT2D eigenvalue weighted by Crippen LogP contribution is -2.43. The molecule has 0 aliphatic rings. The molecule has 0 atom stereocenters. The van der Waals surface area contributed by atoms with E-state index < -0.39 is 5.91 Å². The van der Waals surface area contributed by atoms with Crippen molar-refractivity contribution in [3.8, 4) is 0 Å². The van der Waals surface area contributed by atoms with Crippen molar-refractivity contribution in [2.24, 2.45) is 0 Å². The third kappa shape index (κ3) is 4.19. The number of amides is 2. The maximum absolute atomic E-state index is 12.3. The van der Waals surface area contributed by atoms with Gasteiger partial charge in [0.15, 0.2) is 0 Å². The topological polar surface area (TPSA) is 107 Å². The normalized spacial score (nSPS) is 10.9. The van der Waals surface area contributed by atoms with Gasteiger partial charge in [-0.3, -0.25) is 25.1 Å². The Hall–Kier alpha value is -4.01.